The summed E-state index contributed by atoms with van der Waals surface area (Å²) in [4.78, 5) is 16.3. The molecule has 0 radical (unpaired) electrons. The normalized spacial score (nSPS) is 21.8. The molecule has 3 nitrogen and oxygen atoms in total. The monoisotopic (exact) mass is 396 g/mol. The zero-order valence-corrected chi connectivity index (χ0v) is 14.1. The van der Waals surface area contributed by atoms with Gasteiger partial charge in [0.25, 0.3) is 0 Å². The molecule has 2 aromatic rings. The van der Waals surface area contributed by atoms with E-state index in [1.165, 1.54) is 6.07 Å². The predicted molar refractivity (Wildman–Crippen MR) is 84.8 cm³/mol. The third kappa shape index (κ3) is 4.11. The maximum Gasteiger partial charge on any atom is 0.416 e. The summed E-state index contributed by atoms with van der Waals surface area (Å²) in [5, 5.41) is 2.53. The highest BCUT2D eigenvalue weighted by atomic mass is 32.1. The van der Waals surface area contributed by atoms with Gasteiger partial charge in [-0.3, -0.25) is 4.79 Å². The van der Waals surface area contributed by atoms with E-state index >= 15 is 0 Å². The summed E-state index contributed by atoms with van der Waals surface area (Å²) >= 11 is 0.861. The summed E-state index contributed by atoms with van der Waals surface area (Å²) in [6, 6.07) is 3.02. The number of aromatic nitrogens is 1. The average molecular weight is 396 g/mol. The van der Waals surface area contributed by atoms with Crippen molar-refractivity contribution in [2.75, 3.05) is 5.32 Å². The Balaban J connectivity index is 1.73. The van der Waals surface area contributed by atoms with Gasteiger partial charge in [-0.25, -0.2) is 4.98 Å². The molecule has 0 aliphatic heterocycles. The minimum atomic E-state index is -4.49. The Morgan fingerprint density at radius 1 is 1.15 bits per heavy atom. The van der Waals surface area contributed by atoms with Gasteiger partial charge in [-0.2, -0.15) is 26.3 Å². The van der Waals surface area contributed by atoms with Crippen molar-refractivity contribution in [3.63, 3.8) is 0 Å². The third-order valence-electron chi connectivity index (χ3n) is 4.45. The number of nitrogens with zero attached hydrogens (tertiary/aromatic N) is 1. The van der Waals surface area contributed by atoms with Gasteiger partial charge >= 0.3 is 12.4 Å². The second-order valence-electron chi connectivity index (χ2n) is 6.29. The van der Waals surface area contributed by atoms with Crippen molar-refractivity contribution in [2.45, 2.75) is 38.0 Å². The van der Waals surface area contributed by atoms with Crippen LogP contribution >= 0.6 is 11.3 Å². The van der Waals surface area contributed by atoms with Crippen LogP contribution in [0.15, 0.2) is 18.2 Å². The van der Waals surface area contributed by atoms with E-state index in [-0.39, 0.29) is 28.2 Å². The fraction of sp³-hybridized carbons (Fsp3) is 0.500. The minimum absolute atomic E-state index is 0.00857. The lowest BCUT2D eigenvalue weighted by Gasteiger charge is -2.29. The average Bonchev–Trinajstić information content (AvgIpc) is 2.94. The van der Waals surface area contributed by atoms with E-state index in [1.54, 1.807) is 0 Å². The molecule has 1 aromatic heterocycles. The van der Waals surface area contributed by atoms with E-state index in [2.05, 4.69) is 10.3 Å². The Bertz CT molecular complexity index is 813. The van der Waals surface area contributed by atoms with Crippen LogP contribution in [0.1, 0.15) is 31.2 Å². The quantitative estimate of drug-likeness (QED) is 0.670. The molecule has 26 heavy (non-hydrogen) atoms. The summed E-state index contributed by atoms with van der Waals surface area (Å²) in [5.74, 6) is -2.86. The lowest BCUT2D eigenvalue weighted by Crippen LogP contribution is -2.34. The first-order valence-electron chi connectivity index (χ1n) is 7.89. The minimum Gasteiger partial charge on any atom is -0.302 e. The number of thiazole rings is 1. The van der Waals surface area contributed by atoms with Gasteiger partial charge in [-0.15, -0.1) is 0 Å². The van der Waals surface area contributed by atoms with Crippen molar-refractivity contribution >= 4 is 32.6 Å². The van der Waals surface area contributed by atoms with Crippen molar-refractivity contribution in [1.29, 1.82) is 0 Å². The number of amides is 1. The zero-order valence-electron chi connectivity index (χ0n) is 13.2. The molecular formula is C16H14F6N2OS. The molecule has 0 saturated heterocycles. The molecule has 1 N–H and O–H groups in total. The molecule has 3 rings (SSSR count). The number of anilines is 1. The Hall–Kier alpha value is -1.84. The molecule has 0 spiro atoms. The van der Waals surface area contributed by atoms with E-state index in [0.717, 1.165) is 23.5 Å². The highest BCUT2D eigenvalue weighted by Gasteiger charge is 2.43. The molecule has 1 heterocycles. The van der Waals surface area contributed by atoms with Crippen molar-refractivity contribution in [1.82, 2.24) is 4.98 Å². The number of halogens is 6. The highest BCUT2D eigenvalue weighted by Crippen LogP contribution is 2.40. The van der Waals surface area contributed by atoms with Crippen molar-refractivity contribution in [3.8, 4) is 0 Å². The summed E-state index contributed by atoms with van der Waals surface area (Å²) < 4.78 is 77.0. The Kier molecular flexibility index (Phi) is 4.89. The predicted octanol–water partition coefficient (Wildman–Crippen LogP) is 5.62. The summed E-state index contributed by atoms with van der Waals surface area (Å²) in [6.07, 6.45) is -8.44. The van der Waals surface area contributed by atoms with Crippen LogP contribution in [0, 0.1) is 11.8 Å². The maximum atomic E-state index is 12.8. The molecule has 2 unspecified atom stereocenters. The van der Waals surface area contributed by atoms with Crippen molar-refractivity contribution in [2.24, 2.45) is 11.8 Å². The zero-order chi connectivity index (χ0) is 19.1. The summed E-state index contributed by atoms with van der Waals surface area (Å²) in [5.41, 5.74) is -0.540. The third-order valence-corrected chi connectivity index (χ3v) is 5.39. The van der Waals surface area contributed by atoms with Crippen molar-refractivity contribution < 1.29 is 31.1 Å². The van der Waals surface area contributed by atoms with Crippen LogP contribution in [0.2, 0.25) is 0 Å². The number of carbonyl (C=O) groups is 1. The first-order chi connectivity index (χ1) is 12.0. The molecule has 1 aliphatic rings. The second kappa shape index (κ2) is 6.71. The first-order valence-corrected chi connectivity index (χ1v) is 8.71. The van der Waals surface area contributed by atoms with E-state index in [1.807, 2.05) is 0 Å². The van der Waals surface area contributed by atoms with E-state index in [9.17, 15) is 31.1 Å². The van der Waals surface area contributed by atoms with Gasteiger partial charge in [0.2, 0.25) is 5.91 Å². The Labute approximate surface area is 148 Å². The highest BCUT2D eigenvalue weighted by molar-refractivity contribution is 7.22. The molecule has 1 aliphatic carbocycles. The molecule has 1 aromatic carbocycles. The van der Waals surface area contributed by atoms with Gasteiger partial charge in [0.05, 0.1) is 21.7 Å². The van der Waals surface area contributed by atoms with Crippen molar-refractivity contribution in [3.05, 3.63) is 23.8 Å². The van der Waals surface area contributed by atoms with E-state index < -0.39 is 35.7 Å². The second-order valence-corrected chi connectivity index (χ2v) is 7.32. The van der Waals surface area contributed by atoms with Gasteiger partial charge < -0.3 is 5.32 Å². The van der Waals surface area contributed by atoms with E-state index in [4.69, 9.17) is 0 Å². The lowest BCUT2D eigenvalue weighted by atomic mass is 9.80. The fourth-order valence-electron chi connectivity index (χ4n) is 3.09. The molecule has 10 heteroatoms. The molecule has 1 saturated carbocycles. The SMILES string of the molecule is O=C(Nc1nc2ccc(C(F)(F)F)cc2s1)C1CCCC(C(F)(F)F)C1. The van der Waals surface area contributed by atoms with Crippen LogP contribution in [0.5, 0.6) is 0 Å². The Morgan fingerprint density at radius 3 is 2.54 bits per heavy atom. The van der Waals surface area contributed by atoms with E-state index in [0.29, 0.717) is 12.8 Å². The number of rotatable bonds is 2. The van der Waals surface area contributed by atoms with Gasteiger partial charge in [0.1, 0.15) is 0 Å². The number of alkyl halides is 6. The van der Waals surface area contributed by atoms with Gasteiger partial charge in [0.15, 0.2) is 5.13 Å². The standard InChI is InChI=1S/C16H14F6N2OS/c17-15(18,19)9-3-1-2-8(6-9)13(25)24-14-23-11-5-4-10(16(20,21)22)7-12(11)26-14/h4-5,7-9H,1-3,6H2,(H,23,24,25). The lowest BCUT2D eigenvalue weighted by molar-refractivity contribution is -0.185. The summed E-state index contributed by atoms with van der Waals surface area (Å²) in [7, 11) is 0. The van der Waals surface area contributed by atoms with Crippen LogP contribution in [0.4, 0.5) is 31.5 Å². The number of hydrogen-bond acceptors (Lipinski definition) is 3. The topological polar surface area (TPSA) is 42.0 Å². The molecule has 2 atom stereocenters. The number of hydrogen-bond donors (Lipinski definition) is 1. The largest absolute Gasteiger partial charge is 0.416 e. The molecule has 0 bridgehead atoms. The molecular weight excluding hydrogens is 382 g/mol. The number of nitrogens with one attached hydrogen (secondary N) is 1. The number of carbonyl (C=O) groups excluding carboxylic acids is 1. The van der Waals surface area contributed by atoms with Crippen LogP contribution in [-0.4, -0.2) is 17.1 Å². The maximum absolute atomic E-state index is 12.8. The number of fused-ring (bicyclic) bond motifs is 1. The van der Waals surface area contributed by atoms with Crippen LogP contribution in [-0.2, 0) is 11.0 Å². The summed E-state index contributed by atoms with van der Waals surface area (Å²) in [6.45, 7) is 0. The first kappa shape index (κ1) is 18.9. The van der Waals surface area contributed by atoms with Crippen LogP contribution < -0.4 is 5.32 Å². The molecule has 1 amide bonds. The Morgan fingerprint density at radius 2 is 1.88 bits per heavy atom. The van der Waals surface area contributed by atoms with Gasteiger partial charge in [-0.1, -0.05) is 17.8 Å². The van der Waals surface area contributed by atoms with Crippen LogP contribution in [0.25, 0.3) is 10.2 Å². The smallest absolute Gasteiger partial charge is 0.302 e. The number of benzene rings is 1. The molecule has 142 valence electrons. The van der Waals surface area contributed by atoms with Crippen LogP contribution in [0.3, 0.4) is 0 Å². The van der Waals surface area contributed by atoms with Gasteiger partial charge in [0, 0.05) is 5.92 Å². The fourth-order valence-corrected chi connectivity index (χ4v) is 4.00. The molecule has 1 fully saturated rings. The van der Waals surface area contributed by atoms with Gasteiger partial charge in [-0.05, 0) is 37.5 Å².